The fraction of sp³-hybridized carbons (Fsp3) is 0.312. The molecule has 1 aromatic heterocycles. The standard InChI is InChI=1S/C16H14ClF4N5O2/c1-26-11(5-12(25-26)16(19,20)21)13(7-2-3-9(18)8(17)4-7)24-14(27)10-6-22-15(28)23-10/h2-5,10,13H,6H2,1H3,(H,24,27)(H2,22,23,28)/t10-,13?/m0/s1. The summed E-state index contributed by atoms with van der Waals surface area (Å²) in [7, 11) is 1.29. The van der Waals surface area contributed by atoms with Crippen molar-refractivity contribution in [2.75, 3.05) is 6.54 Å². The number of aryl methyl sites for hydroxylation is 1. The Hall–Kier alpha value is -2.82. The van der Waals surface area contributed by atoms with E-state index in [-0.39, 0.29) is 22.8 Å². The van der Waals surface area contributed by atoms with E-state index in [1.165, 1.54) is 19.2 Å². The van der Waals surface area contributed by atoms with Gasteiger partial charge >= 0.3 is 12.2 Å². The summed E-state index contributed by atoms with van der Waals surface area (Å²) in [5, 5.41) is 10.5. The molecule has 1 aromatic carbocycles. The fourth-order valence-electron chi connectivity index (χ4n) is 2.77. The third kappa shape index (κ3) is 4.03. The molecule has 2 atom stereocenters. The van der Waals surface area contributed by atoms with Gasteiger partial charge in [-0.3, -0.25) is 9.48 Å². The molecule has 2 heterocycles. The van der Waals surface area contributed by atoms with Crippen molar-refractivity contribution in [1.82, 2.24) is 25.7 Å². The number of carbonyl (C=O) groups is 2. The number of hydrogen-bond acceptors (Lipinski definition) is 3. The van der Waals surface area contributed by atoms with Crippen LogP contribution in [0.25, 0.3) is 0 Å². The molecule has 0 saturated carbocycles. The zero-order valence-corrected chi connectivity index (χ0v) is 15.0. The highest BCUT2D eigenvalue weighted by Gasteiger charge is 2.37. The second-order valence-corrected chi connectivity index (χ2v) is 6.51. The maximum Gasteiger partial charge on any atom is 0.435 e. The molecule has 1 fully saturated rings. The van der Waals surface area contributed by atoms with Gasteiger partial charge in [0.1, 0.15) is 11.9 Å². The Kier molecular flexibility index (Phi) is 5.20. The van der Waals surface area contributed by atoms with Crippen LogP contribution in [-0.2, 0) is 18.0 Å². The molecule has 3 rings (SSSR count). The van der Waals surface area contributed by atoms with Gasteiger partial charge in [0.2, 0.25) is 5.91 Å². The second-order valence-electron chi connectivity index (χ2n) is 6.10. The molecular weight excluding hydrogens is 406 g/mol. The van der Waals surface area contributed by atoms with Gasteiger partial charge in [0, 0.05) is 13.6 Å². The summed E-state index contributed by atoms with van der Waals surface area (Å²) in [6.07, 6.45) is -4.69. The van der Waals surface area contributed by atoms with Crippen molar-refractivity contribution in [2.45, 2.75) is 18.3 Å². The minimum atomic E-state index is -4.69. The zero-order chi connectivity index (χ0) is 20.6. The number of benzene rings is 1. The Balaban J connectivity index is 1.99. The fourth-order valence-corrected chi connectivity index (χ4v) is 2.96. The number of aromatic nitrogens is 2. The summed E-state index contributed by atoms with van der Waals surface area (Å²) in [6, 6.07) is 1.75. The Morgan fingerprint density at radius 1 is 1.39 bits per heavy atom. The SMILES string of the molecule is Cn1nc(C(F)(F)F)cc1C(NC(=O)[C@@H]1CNC(=O)N1)c1ccc(F)c(Cl)c1. The quantitative estimate of drug-likeness (QED) is 0.663. The molecule has 3 amide bonds. The summed E-state index contributed by atoms with van der Waals surface area (Å²) < 4.78 is 53.6. The molecule has 1 unspecified atom stereocenters. The minimum Gasteiger partial charge on any atom is -0.342 e. The van der Waals surface area contributed by atoms with Crippen LogP contribution in [0.4, 0.5) is 22.4 Å². The molecule has 3 N–H and O–H groups in total. The van der Waals surface area contributed by atoms with Gasteiger partial charge < -0.3 is 16.0 Å². The number of rotatable bonds is 4. The van der Waals surface area contributed by atoms with E-state index in [1.807, 2.05) is 0 Å². The first-order chi connectivity index (χ1) is 13.1. The Morgan fingerprint density at radius 3 is 2.64 bits per heavy atom. The molecule has 7 nitrogen and oxygen atoms in total. The van der Waals surface area contributed by atoms with Crippen LogP contribution in [0.5, 0.6) is 0 Å². The van der Waals surface area contributed by atoms with Crippen molar-refractivity contribution < 1.29 is 27.2 Å². The van der Waals surface area contributed by atoms with Crippen molar-refractivity contribution in [1.29, 1.82) is 0 Å². The van der Waals surface area contributed by atoms with E-state index in [4.69, 9.17) is 11.6 Å². The summed E-state index contributed by atoms with van der Waals surface area (Å²) >= 11 is 5.79. The molecule has 0 spiro atoms. The first-order valence-corrected chi connectivity index (χ1v) is 8.35. The summed E-state index contributed by atoms with van der Waals surface area (Å²) in [6.45, 7) is 0.0146. The maximum atomic E-state index is 13.5. The van der Waals surface area contributed by atoms with Crippen LogP contribution in [0.15, 0.2) is 24.3 Å². The average Bonchev–Trinajstić information content (AvgIpc) is 3.21. The number of carbonyl (C=O) groups excluding carboxylic acids is 2. The topological polar surface area (TPSA) is 88.1 Å². The molecule has 1 aliphatic rings. The van der Waals surface area contributed by atoms with E-state index in [9.17, 15) is 27.2 Å². The van der Waals surface area contributed by atoms with Gasteiger partial charge in [0.05, 0.1) is 16.8 Å². The number of halogens is 5. The molecule has 28 heavy (non-hydrogen) atoms. The number of nitrogens with one attached hydrogen (secondary N) is 3. The highest BCUT2D eigenvalue weighted by molar-refractivity contribution is 6.30. The largest absolute Gasteiger partial charge is 0.435 e. The lowest BCUT2D eigenvalue weighted by atomic mass is 10.0. The van der Waals surface area contributed by atoms with Crippen LogP contribution in [-0.4, -0.2) is 34.3 Å². The molecule has 150 valence electrons. The molecule has 2 aromatic rings. The Bertz CT molecular complexity index is 930. The maximum absolute atomic E-state index is 13.5. The summed E-state index contributed by atoms with van der Waals surface area (Å²) in [5.41, 5.74) is -0.900. The molecule has 1 aliphatic heterocycles. The number of hydrogen-bond donors (Lipinski definition) is 3. The molecule has 0 radical (unpaired) electrons. The smallest absolute Gasteiger partial charge is 0.342 e. The van der Waals surface area contributed by atoms with Gasteiger partial charge in [0.15, 0.2) is 5.69 Å². The van der Waals surface area contributed by atoms with Crippen LogP contribution in [0.2, 0.25) is 5.02 Å². The van der Waals surface area contributed by atoms with Crippen LogP contribution >= 0.6 is 11.6 Å². The molecule has 1 saturated heterocycles. The van der Waals surface area contributed by atoms with Gasteiger partial charge in [-0.25, -0.2) is 9.18 Å². The van der Waals surface area contributed by atoms with Gasteiger partial charge in [-0.05, 0) is 23.8 Å². The normalized spacial score (nSPS) is 17.8. The van der Waals surface area contributed by atoms with E-state index in [0.717, 1.165) is 16.8 Å². The number of nitrogens with zero attached hydrogens (tertiary/aromatic N) is 2. The lowest BCUT2D eigenvalue weighted by Crippen LogP contribution is -2.44. The van der Waals surface area contributed by atoms with Crippen molar-refractivity contribution in [2.24, 2.45) is 7.05 Å². The van der Waals surface area contributed by atoms with Crippen molar-refractivity contribution in [3.8, 4) is 0 Å². The molecule has 0 aliphatic carbocycles. The number of amides is 3. The van der Waals surface area contributed by atoms with E-state index in [0.29, 0.717) is 0 Å². The zero-order valence-electron chi connectivity index (χ0n) is 14.3. The van der Waals surface area contributed by atoms with Crippen LogP contribution in [0.1, 0.15) is 23.0 Å². The second kappa shape index (κ2) is 7.30. The van der Waals surface area contributed by atoms with Crippen LogP contribution < -0.4 is 16.0 Å². The number of alkyl halides is 3. The predicted octanol–water partition coefficient (Wildman–Crippen LogP) is 2.12. The summed E-state index contributed by atoms with van der Waals surface area (Å²) in [4.78, 5) is 23.7. The Labute approximate surface area is 161 Å². The summed E-state index contributed by atoms with van der Waals surface area (Å²) in [5.74, 6) is -1.36. The predicted molar refractivity (Wildman–Crippen MR) is 89.9 cm³/mol. The van der Waals surface area contributed by atoms with Crippen molar-refractivity contribution in [3.05, 3.63) is 52.1 Å². The van der Waals surface area contributed by atoms with Crippen LogP contribution in [0, 0.1) is 5.82 Å². The highest BCUT2D eigenvalue weighted by atomic mass is 35.5. The van der Waals surface area contributed by atoms with E-state index in [2.05, 4.69) is 21.0 Å². The van der Waals surface area contributed by atoms with Gasteiger partial charge in [-0.2, -0.15) is 18.3 Å². The van der Waals surface area contributed by atoms with E-state index < -0.39 is 41.7 Å². The first kappa shape index (κ1) is 19.9. The molecule has 0 bridgehead atoms. The molecular formula is C16H14ClF4N5O2. The van der Waals surface area contributed by atoms with E-state index in [1.54, 1.807) is 0 Å². The van der Waals surface area contributed by atoms with Crippen LogP contribution in [0.3, 0.4) is 0 Å². The highest BCUT2D eigenvalue weighted by Crippen LogP contribution is 2.32. The van der Waals surface area contributed by atoms with Gasteiger partial charge in [-0.1, -0.05) is 17.7 Å². The monoisotopic (exact) mass is 419 g/mol. The number of urea groups is 1. The van der Waals surface area contributed by atoms with E-state index >= 15 is 0 Å². The first-order valence-electron chi connectivity index (χ1n) is 7.97. The third-order valence-electron chi connectivity index (χ3n) is 4.15. The third-order valence-corrected chi connectivity index (χ3v) is 4.44. The average molecular weight is 420 g/mol. The van der Waals surface area contributed by atoms with Gasteiger partial charge in [0.25, 0.3) is 0 Å². The lowest BCUT2D eigenvalue weighted by Gasteiger charge is -2.21. The lowest BCUT2D eigenvalue weighted by molar-refractivity contribution is -0.141. The molecule has 12 heteroatoms. The van der Waals surface area contributed by atoms with Gasteiger partial charge in [-0.15, -0.1) is 0 Å². The van der Waals surface area contributed by atoms with Crippen molar-refractivity contribution in [3.63, 3.8) is 0 Å². The Morgan fingerprint density at radius 2 is 2.11 bits per heavy atom. The minimum absolute atomic E-state index is 0.000586. The van der Waals surface area contributed by atoms with Crippen molar-refractivity contribution >= 4 is 23.5 Å².